The molecule has 0 aliphatic carbocycles. The van der Waals surface area contributed by atoms with Crippen LogP contribution in [0.5, 0.6) is 0 Å². The van der Waals surface area contributed by atoms with E-state index in [1.165, 1.54) is 19.4 Å². The minimum absolute atomic E-state index is 0.0875. The molecule has 0 atom stereocenters. The number of aromatic nitrogens is 2. The molecule has 6 nitrogen and oxygen atoms in total. The third kappa shape index (κ3) is 3.34. The Morgan fingerprint density at radius 1 is 1.40 bits per heavy atom. The molecule has 0 saturated carbocycles. The molecule has 6 heteroatoms. The summed E-state index contributed by atoms with van der Waals surface area (Å²) in [6, 6.07) is 0. The molecule has 1 heterocycles. The van der Waals surface area contributed by atoms with Crippen LogP contribution in [0.3, 0.4) is 0 Å². The van der Waals surface area contributed by atoms with Gasteiger partial charge in [-0.25, -0.2) is 9.78 Å². The Hall–Kier alpha value is -1.98. The molecule has 0 aromatic carbocycles. The van der Waals surface area contributed by atoms with E-state index in [2.05, 4.69) is 20.0 Å². The summed E-state index contributed by atoms with van der Waals surface area (Å²) in [6.07, 6.45) is 2.76. The van der Waals surface area contributed by atoms with E-state index in [0.717, 1.165) is 0 Å². The smallest absolute Gasteiger partial charge is 0.359 e. The van der Waals surface area contributed by atoms with Crippen LogP contribution in [0.1, 0.15) is 16.2 Å². The molecule has 1 amide bonds. The number of ether oxygens (including phenoxy) is 1. The summed E-state index contributed by atoms with van der Waals surface area (Å²) in [6.45, 7) is 1.44. The lowest BCUT2D eigenvalue weighted by atomic mass is 10.4. The summed E-state index contributed by atoms with van der Waals surface area (Å²) < 4.78 is 4.67. The zero-order valence-electron chi connectivity index (χ0n) is 8.48. The summed E-state index contributed by atoms with van der Waals surface area (Å²) in [4.78, 5) is 29.7. The molecule has 15 heavy (non-hydrogen) atoms. The largest absolute Gasteiger partial charge is 0.451 e. The number of aryl methyl sites for hydroxylation is 1. The van der Waals surface area contributed by atoms with Gasteiger partial charge in [-0.3, -0.25) is 9.78 Å². The summed E-state index contributed by atoms with van der Waals surface area (Å²) in [5, 5.41) is 2.33. The highest BCUT2D eigenvalue weighted by Gasteiger charge is 2.10. The monoisotopic (exact) mass is 209 g/mol. The molecule has 1 aromatic heterocycles. The Morgan fingerprint density at radius 2 is 2.13 bits per heavy atom. The van der Waals surface area contributed by atoms with Gasteiger partial charge in [-0.2, -0.15) is 0 Å². The van der Waals surface area contributed by atoms with Crippen molar-refractivity contribution >= 4 is 11.9 Å². The van der Waals surface area contributed by atoms with Gasteiger partial charge in [0.1, 0.15) is 0 Å². The second-order valence-electron chi connectivity index (χ2n) is 2.79. The first-order valence-corrected chi connectivity index (χ1v) is 4.30. The van der Waals surface area contributed by atoms with E-state index in [1.807, 2.05) is 0 Å². The van der Waals surface area contributed by atoms with Crippen LogP contribution in [0.4, 0.5) is 0 Å². The van der Waals surface area contributed by atoms with Gasteiger partial charge in [-0.15, -0.1) is 0 Å². The van der Waals surface area contributed by atoms with Gasteiger partial charge in [0.25, 0.3) is 5.91 Å². The number of rotatable bonds is 3. The minimum Gasteiger partial charge on any atom is -0.451 e. The summed E-state index contributed by atoms with van der Waals surface area (Å²) in [5.74, 6) is -1.03. The van der Waals surface area contributed by atoms with Gasteiger partial charge in [-0.05, 0) is 6.92 Å². The molecule has 0 fully saturated rings. The van der Waals surface area contributed by atoms with Crippen LogP contribution in [0.2, 0.25) is 0 Å². The average Bonchev–Trinajstić information content (AvgIpc) is 2.26. The second-order valence-corrected chi connectivity index (χ2v) is 2.79. The fourth-order valence-corrected chi connectivity index (χ4v) is 0.775. The zero-order valence-corrected chi connectivity index (χ0v) is 8.48. The second kappa shape index (κ2) is 5.04. The molecule has 1 N–H and O–H groups in total. The summed E-state index contributed by atoms with van der Waals surface area (Å²) in [7, 11) is 1.46. The number of carbonyl (C=O) groups is 2. The highest BCUT2D eigenvalue weighted by molar-refractivity contribution is 5.89. The van der Waals surface area contributed by atoms with Crippen LogP contribution >= 0.6 is 0 Å². The Morgan fingerprint density at radius 3 is 2.67 bits per heavy atom. The predicted octanol–water partition coefficient (Wildman–Crippen LogP) is -0.312. The predicted molar refractivity (Wildman–Crippen MR) is 51.1 cm³/mol. The van der Waals surface area contributed by atoms with E-state index < -0.39 is 5.97 Å². The Balaban J connectivity index is 2.54. The molecule has 0 bridgehead atoms. The van der Waals surface area contributed by atoms with Crippen molar-refractivity contribution in [1.29, 1.82) is 0 Å². The van der Waals surface area contributed by atoms with Gasteiger partial charge in [-0.1, -0.05) is 0 Å². The topological polar surface area (TPSA) is 81.2 Å². The summed E-state index contributed by atoms with van der Waals surface area (Å²) in [5.41, 5.74) is 0.794. The molecule has 1 rings (SSSR count). The van der Waals surface area contributed by atoms with Crippen molar-refractivity contribution in [2.75, 3.05) is 13.7 Å². The maximum Gasteiger partial charge on any atom is 0.359 e. The first-order valence-electron chi connectivity index (χ1n) is 4.30. The van der Waals surface area contributed by atoms with Gasteiger partial charge in [0.05, 0.1) is 11.9 Å². The van der Waals surface area contributed by atoms with E-state index >= 15 is 0 Å². The van der Waals surface area contributed by atoms with Crippen molar-refractivity contribution in [3.8, 4) is 0 Å². The van der Waals surface area contributed by atoms with Crippen molar-refractivity contribution in [1.82, 2.24) is 15.3 Å². The Bertz CT molecular complexity index is 361. The molecule has 0 aliphatic rings. The third-order valence-electron chi connectivity index (χ3n) is 1.60. The standard InChI is InChI=1S/C9H11N3O3/c1-6-3-12-7(4-11-6)9(14)15-5-8(13)10-2/h3-4H,5H2,1-2H3,(H,10,13). The van der Waals surface area contributed by atoms with Crippen LogP contribution in [0.25, 0.3) is 0 Å². The quantitative estimate of drug-likeness (QED) is 0.690. The SMILES string of the molecule is CNC(=O)COC(=O)c1cnc(C)cn1. The van der Waals surface area contributed by atoms with Crippen LogP contribution in [0, 0.1) is 6.92 Å². The zero-order chi connectivity index (χ0) is 11.3. The normalized spacial score (nSPS) is 9.47. The number of likely N-dealkylation sites (N-methyl/N-ethyl adjacent to an activating group) is 1. The maximum absolute atomic E-state index is 11.3. The highest BCUT2D eigenvalue weighted by Crippen LogP contribution is 1.96. The van der Waals surface area contributed by atoms with Crippen LogP contribution in [-0.2, 0) is 9.53 Å². The van der Waals surface area contributed by atoms with Crippen molar-refractivity contribution < 1.29 is 14.3 Å². The van der Waals surface area contributed by atoms with Crippen LogP contribution in [0.15, 0.2) is 12.4 Å². The number of amides is 1. The van der Waals surface area contributed by atoms with Crippen molar-refractivity contribution in [3.63, 3.8) is 0 Å². The van der Waals surface area contributed by atoms with E-state index in [-0.39, 0.29) is 18.2 Å². The van der Waals surface area contributed by atoms with Crippen molar-refractivity contribution in [2.45, 2.75) is 6.92 Å². The number of nitrogens with one attached hydrogen (secondary N) is 1. The molecule has 80 valence electrons. The molecule has 0 radical (unpaired) electrons. The van der Waals surface area contributed by atoms with E-state index in [9.17, 15) is 9.59 Å². The average molecular weight is 209 g/mol. The summed E-state index contributed by atoms with van der Waals surface area (Å²) >= 11 is 0. The lowest BCUT2D eigenvalue weighted by Gasteiger charge is -2.02. The van der Waals surface area contributed by atoms with Gasteiger partial charge in [0, 0.05) is 13.2 Å². The fourth-order valence-electron chi connectivity index (χ4n) is 0.775. The molecular weight excluding hydrogens is 198 g/mol. The first-order chi connectivity index (χ1) is 7.13. The number of nitrogens with zero attached hydrogens (tertiary/aromatic N) is 2. The van der Waals surface area contributed by atoms with Gasteiger partial charge in [0.2, 0.25) is 0 Å². The molecule has 1 aromatic rings. The van der Waals surface area contributed by atoms with E-state index in [1.54, 1.807) is 6.92 Å². The molecular formula is C9H11N3O3. The van der Waals surface area contributed by atoms with Gasteiger partial charge >= 0.3 is 5.97 Å². The molecule has 0 spiro atoms. The van der Waals surface area contributed by atoms with Crippen molar-refractivity contribution in [2.24, 2.45) is 0 Å². The molecule has 0 aliphatic heterocycles. The fraction of sp³-hybridized carbons (Fsp3) is 0.333. The maximum atomic E-state index is 11.3. The third-order valence-corrected chi connectivity index (χ3v) is 1.60. The van der Waals surface area contributed by atoms with Crippen LogP contribution in [-0.4, -0.2) is 35.5 Å². The van der Waals surface area contributed by atoms with E-state index in [0.29, 0.717) is 5.69 Å². The number of carbonyl (C=O) groups excluding carboxylic acids is 2. The van der Waals surface area contributed by atoms with Crippen molar-refractivity contribution in [3.05, 3.63) is 23.8 Å². The number of hydrogen-bond donors (Lipinski definition) is 1. The Labute approximate surface area is 86.7 Å². The van der Waals surface area contributed by atoms with Gasteiger partial charge < -0.3 is 10.1 Å². The lowest BCUT2D eigenvalue weighted by Crippen LogP contribution is -2.25. The molecule has 0 saturated heterocycles. The van der Waals surface area contributed by atoms with Crippen LogP contribution < -0.4 is 5.32 Å². The lowest BCUT2D eigenvalue weighted by molar-refractivity contribution is -0.123. The number of hydrogen-bond acceptors (Lipinski definition) is 5. The van der Waals surface area contributed by atoms with Gasteiger partial charge in [0.15, 0.2) is 12.3 Å². The number of esters is 1. The Kier molecular flexibility index (Phi) is 3.73. The van der Waals surface area contributed by atoms with E-state index in [4.69, 9.17) is 0 Å². The highest BCUT2D eigenvalue weighted by atomic mass is 16.5. The minimum atomic E-state index is -0.661. The molecule has 0 unspecified atom stereocenters. The first kappa shape index (κ1) is 11.1.